The Balaban J connectivity index is 1.97. The second-order valence-electron chi connectivity index (χ2n) is 6.52. The normalized spacial score (nSPS) is 23.0. The number of nitrogens with zero attached hydrogens (tertiary/aromatic N) is 2. The number of carboxylic acids is 1. The van der Waals surface area contributed by atoms with E-state index in [1.54, 1.807) is 24.3 Å². The highest BCUT2D eigenvalue weighted by Crippen LogP contribution is 2.39. The third-order valence-corrected chi connectivity index (χ3v) is 4.95. The maximum atomic E-state index is 13.3. The number of likely N-dealkylation sites (tertiary alicyclic amines) is 1. The van der Waals surface area contributed by atoms with Crippen molar-refractivity contribution in [1.29, 1.82) is 0 Å². The number of carbonyl (C=O) groups is 2. The second kappa shape index (κ2) is 7.01. The summed E-state index contributed by atoms with van der Waals surface area (Å²) < 4.78 is 11.5. The number of para-hydroxylation sites is 1. The van der Waals surface area contributed by atoms with Gasteiger partial charge in [-0.15, -0.1) is 0 Å². The summed E-state index contributed by atoms with van der Waals surface area (Å²) in [7, 11) is 2.01. The monoisotopic (exact) mass is 348 g/mol. The molecule has 0 radical (unpaired) electrons. The van der Waals surface area contributed by atoms with Gasteiger partial charge >= 0.3 is 5.97 Å². The molecule has 2 aliphatic rings. The molecule has 0 aromatic heterocycles. The molecule has 25 heavy (non-hydrogen) atoms. The number of carbonyl (C=O) groups excluding carboxylic acids is 1. The summed E-state index contributed by atoms with van der Waals surface area (Å²) >= 11 is 0. The summed E-state index contributed by atoms with van der Waals surface area (Å²) in [5.74, 6) is -0.925. The fourth-order valence-electron chi connectivity index (χ4n) is 3.58. The molecule has 0 unspecified atom stereocenters. The number of aliphatic carboxylic acids is 1. The highest BCUT2D eigenvalue weighted by atomic mass is 16.5. The Morgan fingerprint density at radius 1 is 1.32 bits per heavy atom. The molecular weight excluding hydrogens is 324 g/mol. The molecule has 0 bridgehead atoms. The summed E-state index contributed by atoms with van der Waals surface area (Å²) in [5, 5.41) is 9.60. The smallest absolute Gasteiger partial charge is 0.328 e. The molecule has 1 aromatic rings. The lowest BCUT2D eigenvalue weighted by atomic mass is 9.97. The first-order valence-corrected chi connectivity index (χ1v) is 8.59. The van der Waals surface area contributed by atoms with Gasteiger partial charge in [0.05, 0.1) is 18.8 Å². The summed E-state index contributed by atoms with van der Waals surface area (Å²) in [6, 6.07) is 5.97. The van der Waals surface area contributed by atoms with E-state index in [1.807, 2.05) is 14.0 Å². The quantitative estimate of drug-likeness (QED) is 0.887. The van der Waals surface area contributed by atoms with E-state index in [1.165, 1.54) is 4.90 Å². The average Bonchev–Trinajstić information content (AvgIpc) is 2.97. The van der Waals surface area contributed by atoms with Gasteiger partial charge in [0.1, 0.15) is 11.5 Å². The molecule has 1 spiro atoms. The maximum Gasteiger partial charge on any atom is 0.328 e. The number of piperidine rings is 1. The van der Waals surface area contributed by atoms with Crippen molar-refractivity contribution in [3.8, 4) is 5.75 Å². The molecular formula is C18H24N2O5. The van der Waals surface area contributed by atoms with Gasteiger partial charge in [0.25, 0.3) is 5.91 Å². The van der Waals surface area contributed by atoms with Gasteiger partial charge in [-0.2, -0.15) is 0 Å². The lowest BCUT2D eigenvalue weighted by Gasteiger charge is -2.43. The van der Waals surface area contributed by atoms with Crippen molar-refractivity contribution in [3.63, 3.8) is 0 Å². The standard InChI is InChI=1S/C18H24N2O5/c1-3-24-15-7-5-4-6-13(15)16(21)20-14(17(22)23)12-25-18(20)8-10-19(2)11-9-18/h4-7,14H,3,8-12H2,1-2H3,(H,22,23)/t14-/m0/s1. The molecule has 0 aliphatic carbocycles. The predicted molar refractivity (Wildman–Crippen MR) is 90.6 cm³/mol. The Morgan fingerprint density at radius 3 is 2.64 bits per heavy atom. The average molecular weight is 348 g/mol. The molecule has 2 heterocycles. The van der Waals surface area contributed by atoms with Crippen molar-refractivity contribution < 1.29 is 24.2 Å². The van der Waals surface area contributed by atoms with Crippen molar-refractivity contribution in [3.05, 3.63) is 29.8 Å². The molecule has 1 N–H and O–H groups in total. The van der Waals surface area contributed by atoms with E-state index < -0.39 is 17.7 Å². The van der Waals surface area contributed by atoms with E-state index in [9.17, 15) is 14.7 Å². The molecule has 136 valence electrons. The van der Waals surface area contributed by atoms with Gasteiger partial charge < -0.3 is 19.5 Å². The number of rotatable bonds is 4. The lowest BCUT2D eigenvalue weighted by molar-refractivity contribution is -0.143. The number of amides is 1. The van der Waals surface area contributed by atoms with Crippen LogP contribution in [0.15, 0.2) is 24.3 Å². The van der Waals surface area contributed by atoms with Crippen LogP contribution < -0.4 is 4.74 Å². The molecule has 0 saturated carbocycles. The summed E-state index contributed by atoms with van der Waals surface area (Å²) in [5.41, 5.74) is -0.481. The largest absolute Gasteiger partial charge is 0.493 e. The zero-order chi connectivity index (χ0) is 18.0. The third-order valence-electron chi connectivity index (χ3n) is 4.95. The van der Waals surface area contributed by atoms with Crippen LogP contribution in [0.4, 0.5) is 0 Å². The van der Waals surface area contributed by atoms with Crippen LogP contribution in [0.25, 0.3) is 0 Å². The van der Waals surface area contributed by atoms with E-state index in [-0.39, 0.29) is 12.5 Å². The van der Waals surface area contributed by atoms with Crippen LogP contribution in [0.3, 0.4) is 0 Å². The number of ether oxygens (including phenoxy) is 2. The van der Waals surface area contributed by atoms with Crippen molar-refractivity contribution in [2.24, 2.45) is 0 Å². The van der Waals surface area contributed by atoms with E-state index in [4.69, 9.17) is 9.47 Å². The molecule has 1 aromatic carbocycles. The van der Waals surface area contributed by atoms with Crippen molar-refractivity contribution in [1.82, 2.24) is 9.80 Å². The summed E-state index contributed by atoms with van der Waals surface area (Å²) in [6.07, 6.45) is 1.19. The Hall–Kier alpha value is -2.12. The molecule has 7 heteroatoms. The van der Waals surface area contributed by atoms with Gasteiger partial charge in [0.2, 0.25) is 0 Å². The first kappa shape index (κ1) is 17.7. The van der Waals surface area contributed by atoms with E-state index in [0.29, 0.717) is 30.8 Å². The summed E-state index contributed by atoms with van der Waals surface area (Å²) in [4.78, 5) is 28.6. The Kier molecular flexibility index (Phi) is 4.96. The number of carboxylic acid groups (broad SMARTS) is 1. The van der Waals surface area contributed by atoms with Crippen molar-refractivity contribution in [2.75, 3.05) is 33.4 Å². The van der Waals surface area contributed by atoms with Crippen LogP contribution in [0.5, 0.6) is 5.75 Å². The van der Waals surface area contributed by atoms with Gasteiger partial charge in [-0.25, -0.2) is 4.79 Å². The molecule has 2 fully saturated rings. The van der Waals surface area contributed by atoms with Crippen molar-refractivity contribution >= 4 is 11.9 Å². The van der Waals surface area contributed by atoms with Gasteiger partial charge in [-0.05, 0) is 26.1 Å². The van der Waals surface area contributed by atoms with E-state index in [0.717, 1.165) is 13.1 Å². The molecule has 2 saturated heterocycles. The maximum absolute atomic E-state index is 13.3. The lowest BCUT2D eigenvalue weighted by Crippen LogP contribution is -2.57. The zero-order valence-electron chi connectivity index (χ0n) is 14.6. The Morgan fingerprint density at radius 2 is 2.00 bits per heavy atom. The van der Waals surface area contributed by atoms with E-state index in [2.05, 4.69) is 4.90 Å². The van der Waals surface area contributed by atoms with Crippen LogP contribution >= 0.6 is 0 Å². The number of benzene rings is 1. The summed E-state index contributed by atoms with van der Waals surface area (Å²) in [6.45, 7) is 3.80. The SMILES string of the molecule is CCOc1ccccc1C(=O)N1[C@H](C(=O)O)COC12CCN(C)CC2. The molecule has 1 amide bonds. The zero-order valence-corrected chi connectivity index (χ0v) is 14.6. The van der Waals surface area contributed by atoms with Crippen LogP contribution in [0, 0.1) is 0 Å². The van der Waals surface area contributed by atoms with Crippen LogP contribution in [-0.4, -0.2) is 71.9 Å². The third kappa shape index (κ3) is 3.21. The predicted octanol–water partition coefficient (Wildman–Crippen LogP) is 1.43. The van der Waals surface area contributed by atoms with Gasteiger partial charge in [0, 0.05) is 25.9 Å². The first-order valence-electron chi connectivity index (χ1n) is 8.59. The van der Waals surface area contributed by atoms with Gasteiger partial charge in [-0.1, -0.05) is 12.1 Å². The number of hydrogen-bond donors (Lipinski definition) is 1. The first-order chi connectivity index (χ1) is 12.0. The molecule has 1 atom stereocenters. The fraction of sp³-hybridized carbons (Fsp3) is 0.556. The second-order valence-corrected chi connectivity index (χ2v) is 6.52. The molecule has 3 rings (SSSR count). The Bertz CT molecular complexity index is 655. The van der Waals surface area contributed by atoms with E-state index >= 15 is 0 Å². The van der Waals surface area contributed by atoms with Crippen LogP contribution in [0.2, 0.25) is 0 Å². The van der Waals surface area contributed by atoms with Crippen LogP contribution in [-0.2, 0) is 9.53 Å². The minimum absolute atomic E-state index is 0.0155. The molecule has 2 aliphatic heterocycles. The topological polar surface area (TPSA) is 79.3 Å². The fourth-order valence-corrected chi connectivity index (χ4v) is 3.58. The van der Waals surface area contributed by atoms with Gasteiger partial charge in [0.15, 0.2) is 6.04 Å². The minimum atomic E-state index is -1.04. The minimum Gasteiger partial charge on any atom is -0.493 e. The highest BCUT2D eigenvalue weighted by Gasteiger charge is 2.54. The highest BCUT2D eigenvalue weighted by molar-refractivity contribution is 5.99. The van der Waals surface area contributed by atoms with Crippen molar-refractivity contribution in [2.45, 2.75) is 31.5 Å². The Labute approximate surface area is 147 Å². The molecule has 7 nitrogen and oxygen atoms in total. The van der Waals surface area contributed by atoms with Gasteiger partial charge in [-0.3, -0.25) is 9.69 Å². The van der Waals surface area contributed by atoms with Crippen LogP contribution in [0.1, 0.15) is 30.1 Å². The number of hydrogen-bond acceptors (Lipinski definition) is 5.